The smallest absolute Gasteiger partial charge is 0.231 e. The van der Waals surface area contributed by atoms with Crippen molar-refractivity contribution in [1.29, 1.82) is 0 Å². The summed E-state index contributed by atoms with van der Waals surface area (Å²) in [5, 5.41) is 0. The summed E-state index contributed by atoms with van der Waals surface area (Å²) in [6, 6.07) is 11.6. The van der Waals surface area contributed by atoms with E-state index in [-0.39, 0.29) is 12.2 Å². The largest absolute Gasteiger partial charge is 0.454 e. The number of amidine groups is 1. The van der Waals surface area contributed by atoms with Crippen LogP contribution in [0.1, 0.15) is 18.4 Å². The second kappa shape index (κ2) is 4.98. The van der Waals surface area contributed by atoms with Crippen LogP contribution in [0.5, 0.6) is 11.5 Å². The average Bonchev–Trinajstić information content (AvgIpc) is 3.19. The normalized spacial score (nSPS) is 18.3. The number of aliphatic imine (C=N–C) groups is 1. The minimum Gasteiger partial charge on any atom is -0.454 e. The summed E-state index contributed by atoms with van der Waals surface area (Å²) in [4.78, 5) is 8.82. The van der Waals surface area contributed by atoms with Gasteiger partial charge in [0.05, 0.1) is 5.41 Å². The molecular formula is C16H14BrN3O2. The maximum Gasteiger partial charge on any atom is 0.231 e. The molecule has 1 aliphatic carbocycles. The molecule has 4 rings (SSSR count). The van der Waals surface area contributed by atoms with E-state index in [0.717, 1.165) is 34.5 Å². The summed E-state index contributed by atoms with van der Waals surface area (Å²) >= 11 is 3.35. The van der Waals surface area contributed by atoms with Gasteiger partial charge in [-0.15, -0.1) is 0 Å². The lowest BCUT2D eigenvalue weighted by molar-refractivity contribution is 0.174. The lowest BCUT2D eigenvalue weighted by atomic mass is 9.94. The van der Waals surface area contributed by atoms with Gasteiger partial charge in [-0.05, 0) is 58.6 Å². The molecule has 0 atom stereocenters. The fraction of sp³-hybridized carbons (Fsp3) is 0.250. The third-order valence-corrected chi connectivity index (χ3v) is 4.54. The minimum atomic E-state index is -0.203. The third kappa shape index (κ3) is 2.23. The number of nitrogens with zero attached hydrogens (tertiary/aromatic N) is 2. The molecule has 0 unspecified atom stereocenters. The zero-order valence-electron chi connectivity index (χ0n) is 11.8. The molecule has 0 amide bonds. The Morgan fingerprint density at radius 3 is 2.77 bits per heavy atom. The van der Waals surface area contributed by atoms with Crippen LogP contribution in [-0.2, 0) is 5.41 Å². The van der Waals surface area contributed by atoms with E-state index in [2.05, 4.69) is 25.9 Å². The van der Waals surface area contributed by atoms with E-state index in [0.29, 0.717) is 11.7 Å². The molecule has 1 aromatic carbocycles. The Morgan fingerprint density at radius 1 is 1.18 bits per heavy atom. The predicted molar refractivity (Wildman–Crippen MR) is 86.7 cm³/mol. The first-order chi connectivity index (χ1) is 10.7. The van der Waals surface area contributed by atoms with Crippen molar-refractivity contribution in [2.75, 3.05) is 6.79 Å². The molecule has 2 heterocycles. The van der Waals surface area contributed by atoms with Crippen molar-refractivity contribution in [2.45, 2.75) is 18.3 Å². The van der Waals surface area contributed by atoms with E-state index in [1.807, 2.05) is 36.4 Å². The summed E-state index contributed by atoms with van der Waals surface area (Å²) < 4.78 is 11.6. The second-order valence-corrected chi connectivity index (χ2v) is 6.28. The van der Waals surface area contributed by atoms with Crippen molar-refractivity contribution in [1.82, 2.24) is 4.98 Å². The maximum atomic E-state index is 6.30. The van der Waals surface area contributed by atoms with Gasteiger partial charge >= 0.3 is 0 Å². The summed E-state index contributed by atoms with van der Waals surface area (Å²) in [6.07, 6.45) is 1.96. The molecule has 6 heteroatoms. The summed E-state index contributed by atoms with van der Waals surface area (Å²) in [5.41, 5.74) is 7.21. The first kappa shape index (κ1) is 13.6. The van der Waals surface area contributed by atoms with E-state index < -0.39 is 0 Å². The highest BCUT2D eigenvalue weighted by atomic mass is 79.9. The summed E-state index contributed by atoms with van der Waals surface area (Å²) in [7, 11) is 0. The summed E-state index contributed by atoms with van der Waals surface area (Å²) in [6.45, 7) is 0.275. The number of pyridine rings is 1. The lowest BCUT2D eigenvalue weighted by Crippen LogP contribution is -2.28. The van der Waals surface area contributed by atoms with Crippen LogP contribution in [0.3, 0.4) is 0 Å². The summed E-state index contributed by atoms with van der Waals surface area (Å²) in [5.74, 6) is 2.76. The molecular weight excluding hydrogens is 346 g/mol. The number of fused-ring (bicyclic) bond motifs is 1. The molecule has 2 N–H and O–H groups in total. The average molecular weight is 360 g/mol. The Balaban J connectivity index is 1.69. The first-order valence-electron chi connectivity index (χ1n) is 7.05. The number of rotatable bonds is 3. The van der Waals surface area contributed by atoms with Gasteiger partial charge in [0.25, 0.3) is 0 Å². The number of benzene rings is 1. The highest BCUT2D eigenvalue weighted by molar-refractivity contribution is 9.10. The van der Waals surface area contributed by atoms with Crippen molar-refractivity contribution >= 4 is 27.6 Å². The fourth-order valence-electron chi connectivity index (χ4n) is 2.70. The minimum absolute atomic E-state index is 0.203. The maximum absolute atomic E-state index is 6.30. The highest BCUT2D eigenvalue weighted by Crippen LogP contribution is 2.50. The SMILES string of the molecule is NC(=Nc1cccc(Br)n1)C1(c2ccc3c(c2)OCO3)CC1. The van der Waals surface area contributed by atoms with Gasteiger partial charge < -0.3 is 15.2 Å². The molecule has 112 valence electrons. The van der Waals surface area contributed by atoms with Crippen LogP contribution in [0.2, 0.25) is 0 Å². The molecule has 22 heavy (non-hydrogen) atoms. The number of ether oxygens (including phenoxy) is 2. The Labute approximate surface area is 136 Å². The zero-order valence-corrected chi connectivity index (χ0v) is 13.3. The molecule has 2 aromatic rings. The fourth-order valence-corrected chi connectivity index (χ4v) is 3.04. The van der Waals surface area contributed by atoms with E-state index >= 15 is 0 Å². The molecule has 1 aromatic heterocycles. The van der Waals surface area contributed by atoms with Gasteiger partial charge in [0.2, 0.25) is 6.79 Å². The Bertz CT molecular complexity index is 772. The number of halogens is 1. The second-order valence-electron chi connectivity index (χ2n) is 5.47. The molecule has 2 aliphatic rings. The first-order valence-corrected chi connectivity index (χ1v) is 7.84. The van der Waals surface area contributed by atoms with Crippen LogP contribution >= 0.6 is 15.9 Å². The number of aromatic nitrogens is 1. The van der Waals surface area contributed by atoms with Crippen molar-refractivity contribution in [3.63, 3.8) is 0 Å². The van der Waals surface area contributed by atoms with E-state index in [1.165, 1.54) is 0 Å². The van der Waals surface area contributed by atoms with Crippen molar-refractivity contribution < 1.29 is 9.47 Å². The van der Waals surface area contributed by atoms with Gasteiger partial charge in [-0.25, -0.2) is 9.98 Å². The van der Waals surface area contributed by atoms with Gasteiger partial charge in [0.15, 0.2) is 17.3 Å². The van der Waals surface area contributed by atoms with Gasteiger partial charge in [0.1, 0.15) is 10.4 Å². The van der Waals surface area contributed by atoms with Crippen LogP contribution < -0.4 is 15.2 Å². The molecule has 0 saturated heterocycles. The quantitative estimate of drug-likeness (QED) is 0.518. The monoisotopic (exact) mass is 359 g/mol. The molecule has 0 radical (unpaired) electrons. The van der Waals surface area contributed by atoms with Crippen LogP contribution in [0, 0.1) is 0 Å². The van der Waals surface area contributed by atoms with Crippen LogP contribution in [0.4, 0.5) is 5.82 Å². The van der Waals surface area contributed by atoms with Gasteiger partial charge in [0, 0.05) is 0 Å². The molecule has 5 nitrogen and oxygen atoms in total. The standard InChI is InChI=1S/C16H14BrN3O2/c17-13-2-1-3-14(19-13)20-15(18)16(6-7-16)10-4-5-11-12(8-10)22-9-21-11/h1-5,8H,6-7,9H2,(H2,18,19,20). The molecule has 1 saturated carbocycles. The molecule has 0 spiro atoms. The van der Waals surface area contributed by atoms with Gasteiger partial charge in [-0.3, -0.25) is 0 Å². The van der Waals surface area contributed by atoms with Crippen LogP contribution in [0.15, 0.2) is 46.0 Å². The van der Waals surface area contributed by atoms with E-state index in [1.54, 1.807) is 0 Å². The Kier molecular flexibility index (Phi) is 3.07. The van der Waals surface area contributed by atoms with E-state index in [4.69, 9.17) is 15.2 Å². The number of hydrogen-bond donors (Lipinski definition) is 1. The highest BCUT2D eigenvalue weighted by Gasteiger charge is 2.48. The van der Waals surface area contributed by atoms with E-state index in [9.17, 15) is 0 Å². The molecule has 1 aliphatic heterocycles. The number of nitrogens with two attached hydrogens (primary N) is 1. The third-order valence-electron chi connectivity index (χ3n) is 4.10. The Morgan fingerprint density at radius 2 is 2.00 bits per heavy atom. The van der Waals surface area contributed by atoms with Crippen molar-refractivity contribution in [3.8, 4) is 11.5 Å². The van der Waals surface area contributed by atoms with Crippen LogP contribution in [-0.4, -0.2) is 17.6 Å². The van der Waals surface area contributed by atoms with Gasteiger partial charge in [-0.1, -0.05) is 12.1 Å². The predicted octanol–water partition coefficient (Wildman–Crippen LogP) is 3.29. The topological polar surface area (TPSA) is 69.7 Å². The lowest BCUT2D eigenvalue weighted by Gasteiger charge is -2.15. The number of hydrogen-bond acceptors (Lipinski definition) is 4. The van der Waals surface area contributed by atoms with Crippen molar-refractivity contribution in [2.24, 2.45) is 10.7 Å². The van der Waals surface area contributed by atoms with Crippen LogP contribution in [0.25, 0.3) is 0 Å². The van der Waals surface area contributed by atoms with Crippen molar-refractivity contribution in [3.05, 3.63) is 46.6 Å². The molecule has 1 fully saturated rings. The zero-order chi connectivity index (χ0) is 15.2. The van der Waals surface area contributed by atoms with Gasteiger partial charge in [-0.2, -0.15) is 0 Å². The Hall–Kier alpha value is -2.08. The molecule has 0 bridgehead atoms.